The van der Waals surface area contributed by atoms with Crippen molar-refractivity contribution in [1.82, 2.24) is 15.0 Å². The summed E-state index contributed by atoms with van der Waals surface area (Å²) in [5, 5.41) is 3.84. The number of aromatic nitrogens is 1. The van der Waals surface area contributed by atoms with Crippen molar-refractivity contribution < 1.29 is 28.3 Å². The van der Waals surface area contributed by atoms with E-state index in [2.05, 4.69) is 5.16 Å². The largest absolute Gasteiger partial charge is 0.486 e. The molecule has 4 rings (SSSR count). The molecule has 1 saturated heterocycles. The quantitative estimate of drug-likeness (QED) is 0.737. The van der Waals surface area contributed by atoms with Gasteiger partial charge in [-0.2, -0.15) is 0 Å². The maximum atomic E-state index is 13.2. The molecule has 3 heterocycles. The van der Waals surface area contributed by atoms with Crippen molar-refractivity contribution in [2.45, 2.75) is 26.0 Å². The summed E-state index contributed by atoms with van der Waals surface area (Å²) < 4.78 is 21.2. The van der Waals surface area contributed by atoms with Crippen molar-refractivity contribution in [3.05, 3.63) is 41.3 Å². The second-order valence-electron chi connectivity index (χ2n) is 7.28. The molecule has 0 spiro atoms. The molecule has 0 saturated carbocycles. The van der Waals surface area contributed by atoms with Crippen LogP contribution in [-0.2, 0) is 11.3 Å². The summed E-state index contributed by atoms with van der Waals surface area (Å²) in [6.45, 7) is 4.52. The molecule has 9 nitrogen and oxygen atoms in total. The summed E-state index contributed by atoms with van der Waals surface area (Å²) >= 11 is 0. The van der Waals surface area contributed by atoms with Crippen LogP contribution in [-0.4, -0.2) is 72.8 Å². The number of hydrogen-bond acceptors (Lipinski definition) is 7. The Morgan fingerprint density at radius 2 is 1.97 bits per heavy atom. The zero-order valence-electron chi connectivity index (χ0n) is 17.1. The van der Waals surface area contributed by atoms with E-state index in [1.807, 2.05) is 11.8 Å². The highest BCUT2D eigenvalue weighted by atomic mass is 16.6. The SMILES string of the molecule is CCC1CN(C(=O)c2conc2COC)CCN1C(=O)c1ccc2c(c1)OCCO2. The fraction of sp³-hybridized carbons (Fsp3) is 0.476. The Balaban J connectivity index is 1.47. The van der Waals surface area contributed by atoms with E-state index in [4.69, 9.17) is 18.7 Å². The first-order chi connectivity index (χ1) is 14.6. The molecule has 1 aromatic carbocycles. The predicted molar refractivity (Wildman–Crippen MR) is 106 cm³/mol. The number of benzene rings is 1. The third-order valence-electron chi connectivity index (χ3n) is 5.45. The van der Waals surface area contributed by atoms with E-state index < -0.39 is 0 Å². The maximum absolute atomic E-state index is 13.2. The number of carbonyl (C=O) groups excluding carboxylic acids is 2. The third kappa shape index (κ3) is 3.85. The van der Waals surface area contributed by atoms with Crippen LogP contribution in [0.2, 0.25) is 0 Å². The molecule has 2 aliphatic rings. The Kier molecular flexibility index (Phi) is 5.89. The van der Waals surface area contributed by atoms with Gasteiger partial charge in [0.15, 0.2) is 11.5 Å². The molecule has 0 radical (unpaired) electrons. The molecule has 1 fully saturated rings. The van der Waals surface area contributed by atoms with Crippen molar-refractivity contribution in [2.75, 3.05) is 40.0 Å². The summed E-state index contributed by atoms with van der Waals surface area (Å²) in [5.41, 5.74) is 1.43. The van der Waals surface area contributed by atoms with Crippen molar-refractivity contribution in [2.24, 2.45) is 0 Å². The van der Waals surface area contributed by atoms with Gasteiger partial charge in [0.05, 0.1) is 6.61 Å². The summed E-state index contributed by atoms with van der Waals surface area (Å²) in [4.78, 5) is 29.7. The Morgan fingerprint density at radius 3 is 2.73 bits per heavy atom. The molecular formula is C21H25N3O6. The van der Waals surface area contributed by atoms with Crippen molar-refractivity contribution in [3.8, 4) is 11.5 Å². The number of fused-ring (bicyclic) bond motifs is 1. The highest BCUT2D eigenvalue weighted by molar-refractivity contribution is 5.97. The normalized spacial score (nSPS) is 18.4. The molecule has 9 heteroatoms. The van der Waals surface area contributed by atoms with Gasteiger partial charge in [0.1, 0.15) is 30.7 Å². The number of hydrogen-bond donors (Lipinski definition) is 0. The number of rotatable bonds is 5. The zero-order valence-corrected chi connectivity index (χ0v) is 17.1. The van der Waals surface area contributed by atoms with Gasteiger partial charge in [-0.15, -0.1) is 0 Å². The van der Waals surface area contributed by atoms with Crippen LogP contribution in [0.1, 0.15) is 39.8 Å². The van der Waals surface area contributed by atoms with Crippen LogP contribution in [0.15, 0.2) is 29.0 Å². The van der Waals surface area contributed by atoms with Gasteiger partial charge in [0, 0.05) is 38.3 Å². The maximum Gasteiger partial charge on any atom is 0.259 e. The van der Waals surface area contributed by atoms with Crippen LogP contribution in [0.25, 0.3) is 0 Å². The predicted octanol–water partition coefficient (Wildman–Crippen LogP) is 1.97. The lowest BCUT2D eigenvalue weighted by atomic mass is 10.1. The smallest absolute Gasteiger partial charge is 0.259 e. The molecule has 0 aliphatic carbocycles. The van der Waals surface area contributed by atoms with Gasteiger partial charge in [-0.25, -0.2) is 0 Å². The molecule has 1 aromatic heterocycles. The Morgan fingerprint density at radius 1 is 1.17 bits per heavy atom. The number of ether oxygens (including phenoxy) is 3. The molecule has 2 amide bonds. The summed E-state index contributed by atoms with van der Waals surface area (Å²) in [5.74, 6) is 1.01. The second kappa shape index (κ2) is 8.74. The third-order valence-corrected chi connectivity index (χ3v) is 5.45. The van der Waals surface area contributed by atoms with Crippen LogP contribution in [0.5, 0.6) is 11.5 Å². The first-order valence-electron chi connectivity index (χ1n) is 10.0. The summed E-state index contributed by atoms with van der Waals surface area (Å²) in [6.07, 6.45) is 2.08. The Bertz CT molecular complexity index is 927. The lowest BCUT2D eigenvalue weighted by molar-refractivity contribution is 0.0377. The number of amides is 2. The van der Waals surface area contributed by atoms with Crippen molar-refractivity contribution in [3.63, 3.8) is 0 Å². The van der Waals surface area contributed by atoms with Crippen LogP contribution < -0.4 is 9.47 Å². The second-order valence-corrected chi connectivity index (χ2v) is 7.28. The molecule has 0 N–H and O–H groups in total. The van der Waals surface area contributed by atoms with Gasteiger partial charge in [-0.1, -0.05) is 12.1 Å². The average molecular weight is 415 g/mol. The van der Waals surface area contributed by atoms with Gasteiger partial charge in [-0.3, -0.25) is 9.59 Å². The first-order valence-corrected chi connectivity index (χ1v) is 10.0. The molecule has 0 bridgehead atoms. The van der Waals surface area contributed by atoms with Crippen LogP contribution in [0, 0.1) is 0 Å². The molecule has 160 valence electrons. The fourth-order valence-corrected chi connectivity index (χ4v) is 3.84. The topological polar surface area (TPSA) is 94.3 Å². The van der Waals surface area contributed by atoms with E-state index in [0.717, 1.165) is 6.42 Å². The van der Waals surface area contributed by atoms with Gasteiger partial charge in [0.2, 0.25) is 0 Å². The summed E-state index contributed by atoms with van der Waals surface area (Å²) in [6, 6.07) is 5.17. The van der Waals surface area contributed by atoms with Crippen LogP contribution in [0.3, 0.4) is 0 Å². The molecule has 2 aliphatic heterocycles. The van der Waals surface area contributed by atoms with E-state index >= 15 is 0 Å². The molecule has 2 aromatic rings. The number of nitrogens with zero attached hydrogens (tertiary/aromatic N) is 3. The van der Waals surface area contributed by atoms with Crippen LogP contribution >= 0.6 is 0 Å². The molecule has 1 atom stereocenters. The minimum Gasteiger partial charge on any atom is -0.486 e. The Labute approximate surface area is 174 Å². The van der Waals surface area contributed by atoms with E-state index in [-0.39, 0.29) is 24.5 Å². The van der Waals surface area contributed by atoms with E-state index in [9.17, 15) is 9.59 Å². The molecule has 1 unspecified atom stereocenters. The van der Waals surface area contributed by atoms with Crippen molar-refractivity contribution in [1.29, 1.82) is 0 Å². The zero-order chi connectivity index (χ0) is 21.1. The van der Waals surface area contributed by atoms with E-state index in [1.54, 1.807) is 23.1 Å². The number of carbonyl (C=O) groups is 2. The Hall–Kier alpha value is -3.07. The van der Waals surface area contributed by atoms with E-state index in [1.165, 1.54) is 13.4 Å². The van der Waals surface area contributed by atoms with Crippen LogP contribution in [0.4, 0.5) is 0 Å². The van der Waals surface area contributed by atoms with E-state index in [0.29, 0.717) is 61.2 Å². The average Bonchev–Trinajstić information content (AvgIpc) is 3.25. The lowest BCUT2D eigenvalue weighted by Gasteiger charge is -2.41. The summed E-state index contributed by atoms with van der Waals surface area (Å²) in [7, 11) is 1.54. The van der Waals surface area contributed by atoms with Gasteiger partial charge < -0.3 is 28.5 Å². The first kappa shape index (κ1) is 20.2. The monoisotopic (exact) mass is 415 g/mol. The van der Waals surface area contributed by atoms with Gasteiger partial charge >= 0.3 is 0 Å². The standard InChI is InChI=1S/C21H25N3O6/c1-3-15-11-23(21(26)16-12-30-22-17(16)13-27-2)6-7-24(15)20(25)14-4-5-18-19(10-14)29-9-8-28-18/h4-5,10,12,15H,3,6-9,11,13H2,1-2H3. The number of methoxy groups -OCH3 is 1. The van der Waals surface area contributed by atoms with Gasteiger partial charge in [0.25, 0.3) is 11.8 Å². The highest BCUT2D eigenvalue weighted by Gasteiger charge is 2.34. The minimum absolute atomic E-state index is 0.0732. The molecule has 30 heavy (non-hydrogen) atoms. The number of piperazine rings is 1. The fourth-order valence-electron chi connectivity index (χ4n) is 3.84. The minimum atomic E-state index is -0.159. The van der Waals surface area contributed by atoms with Gasteiger partial charge in [-0.05, 0) is 24.6 Å². The van der Waals surface area contributed by atoms with Crippen molar-refractivity contribution >= 4 is 11.8 Å². The highest BCUT2D eigenvalue weighted by Crippen LogP contribution is 2.31. The lowest BCUT2D eigenvalue weighted by Crippen LogP contribution is -2.56. The molecular weight excluding hydrogens is 390 g/mol.